The van der Waals surface area contributed by atoms with Crippen LogP contribution in [0.25, 0.3) is 0 Å². The molecule has 0 saturated heterocycles. The van der Waals surface area contributed by atoms with E-state index in [1.165, 1.54) is 23.6 Å². The smallest absolute Gasteiger partial charge is 0.367 e. The molecule has 0 spiro atoms. The highest BCUT2D eigenvalue weighted by Gasteiger charge is 2.17. The zero-order chi connectivity index (χ0) is 15.4. The van der Waals surface area contributed by atoms with E-state index in [0.29, 0.717) is 9.26 Å². The molecule has 0 bridgehead atoms. The van der Waals surface area contributed by atoms with E-state index in [1.54, 1.807) is 6.92 Å². The third-order valence-corrected chi connectivity index (χ3v) is 4.08. The molecule has 0 aliphatic rings. The number of halogens is 2. The van der Waals surface area contributed by atoms with Gasteiger partial charge in [-0.1, -0.05) is 0 Å². The maximum absolute atomic E-state index is 13.0. The highest BCUT2D eigenvalue weighted by molar-refractivity contribution is 14.1. The van der Waals surface area contributed by atoms with E-state index >= 15 is 0 Å². The van der Waals surface area contributed by atoms with Gasteiger partial charge in [-0.05, 0) is 47.7 Å². The van der Waals surface area contributed by atoms with Crippen LogP contribution in [0.1, 0.15) is 27.2 Å². The molecule has 2 rings (SSSR count). The van der Waals surface area contributed by atoms with Gasteiger partial charge in [0.15, 0.2) is 0 Å². The number of anilines is 1. The second-order valence-corrected chi connectivity index (χ2v) is 5.86. The van der Waals surface area contributed by atoms with Crippen molar-refractivity contribution in [2.45, 2.75) is 6.92 Å². The average molecular weight is 420 g/mol. The number of carbonyl (C=O) groups excluding carboxylic acids is 2. The summed E-state index contributed by atoms with van der Waals surface area (Å²) in [7, 11) is 0. The summed E-state index contributed by atoms with van der Waals surface area (Å²) in [5, 5.41) is 4.21. The second-order valence-electron chi connectivity index (χ2n) is 3.84. The molecule has 0 atom stereocenters. The van der Waals surface area contributed by atoms with E-state index < -0.39 is 11.9 Å². The predicted octanol–water partition coefficient (Wildman–Crippen LogP) is 3.32. The SMILES string of the molecule is CCOC(=O)c1nc(C(=O)Nc2ccc(F)cc2I)cs1. The molecule has 0 aliphatic heterocycles. The number of rotatable bonds is 4. The molecule has 1 amide bonds. The first-order valence-electron chi connectivity index (χ1n) is 5.90. The summed E-state index contributed by atoms with van der Waals surface area (Å²) in [4.78, 5) is 27.4. The lowest BCUT2D eigenvalue weighted by molar-refractivity contribution is 0.0526. The summed E-state index contributed by atoms with van der Waals surface area (Å²) in [6, 6.07) is 4.03. The quantitative estimate of drug-likeness (QED) is 0.609. The van der Waals surface area contributed by atoms with E-state index in [2.05, 4.69) is 10.3 Å². The van der Waals surface area contributed by atoms with Crippen molar-refractivity contribution in [2.24, 2.45) is 0 Å². The van der Waals surface area contributed by atoms with Crippen molar-refractivity contribution in [1.29, 1.82) is 0 Å². The third-order valence-electron chi connectivity index (χ3n) is 2.37. The molecule has 5 nitrogen and oxygen atoms in total. The normalized spacial score (nSPS) is 10.2. The first-order valence-corrected chi connectivity index (χ1v) is 7.86. The van der Waals surface area contributed by atoms with Crippen LogP contribution < -0.4 is 5.32 Å². The number of hydrogen-bond acceptors (Lipinski definition) is 5. The molecule has 0 radical (unpaired) electrons. The molecular weight excluding hydrogens is 410 g/mol. The number of aromatic nitrogens is 1. The fourth-order valence-electron chi connectivity index (χ4n) is 1.44. The van der Waals surface area contributed by atoms with Crippen LogP contribution in [0.2, 0.25) is 0 Å². The van der Waals surface area contributed by atoms with Crippen molar-refractivity contribution in [3.8, 4) is 0 Å². The highest BCUT2D eigenvalue weighted by atomic mass is 127. The maximum Gasteiger partial charge on any atom is 0.367 e. The van der Waals surface area contributed by atoms with Crippen molar-refractivity contribution in [3.63, 3.8) is 0 Å². The molecule has 1 N–H and O–H groups in total. The van der Waals surface area contributed by atoms with Crippen LogP contribution in [-0.2, 0) is 4.74 Å². The van der Waals surface area contributed by atoms with Crippen molar-refractivity contribution < 1.29 is 18.7 Å². The molecule has 0 unspecified atom stereocenters. The molecule has 1 heterocycles. The minimum Gasteiger partial charge on any atom is -0.461 e. The van der Waals surface area contributed by atoms with E-state index in [9.17, 15) is 14.0 Å². The van der Waals surface area contributed by atoms with Crippen molar-refractivity contribution in [2.75, 3.05) is 11.9 Å². The number of carbonyl (C=O) groups is 2. The van der Waals surface area contributed by atoms with Crippen LogP contribution in [-0.4, -0.2) is 23.5 Å². The lowest BCUT2D eigenvalue weighted by Crippen LogP contribution is -2.14. The number of ether oxygens (including phenoxy) is 1. The van der Waals surface area contributed by atoms with Gasteiger partial charge >= 0.3 is 5.97 Å². The summed E-state index contributed by atoms with van der Waals surface area (Å²) < 4.78 is 18.4. The molecule has 2 aromatic rings. The molecule has 1 aromatic carbocycles. The zero-order valence-corrected chi connectivity index (χ0v) is 13.8. The Bertz CT molecular complexity index is 690. The van der Waals surface area contributed by atoms with E-state index in [4.69, 9.17) is 4.74 Å². The Hall–Kier alpha value is -1.55. The maximum atomic E-state index is 13.0. The van der Waals surface area contributed by atoms with Crippen LogP contribution in [0.3, 0.4) is 0 Å². The second kappa shape index (κ2) is 6.94. The number of benzene rings is 1. The van der Waals surface area contributed by atoms with E-state index in [-0.39, 0.29) is 23.1 Å². The Labute approximate surface area is 137 Å². The van der Waals surface area contributed by atoms with Gasteiger partial charge in [-0.15, -0.1) is 11.3 Å². The number of thiazole rings is 1. The Balaban J connectivity index is 2.12. The molecule has 21 heavy (non-hydrogen) atoms. The van der Waals surface area contributed by atoms with Crippen LogP contribution >= 0.6 is 33.9 Å². The van der Waals surface area contributed by atoms with Crippen LogP contribution in [0.4, 0.5) is 10.1 Å². The third kappa shape index (κ3) is 3.97. The Morgan fingerprint density at radius 1 is 1.48 bits per heavy atom. The molecule has 0 fully saturated rings. The summed E-state index contributed by atoms with van der Waals surface area (Å²) in [6.45, 7) is 1.93. The van der Waals surface area contributed by atoms with Gasteiger partial charge in [-0.3, -0.25) is 4.79 Å². The minimum atomic E-state index is -0.557. The van der Waals surface area contributed by atoms with Crippen molar-refractivity contribution >= 4 is 51.5 Å². The van der Waals surface area contributed by atoms with Crippen LogP contribution in [0, 0.1) is 9.39 Å². The number of hydrogen-bond donors (Lipinski definition) is 1. The summed E-state index contributed by atoms with van der Waals surface area (Å²) >= 11 is 2.95. The van der Waals surface area contributed by atoms with Crippen molar-refractivity contribution in [3.05, 3.63) is 43.7 Å². The Kier molecular flexibility index (Phi) is 5.23. The standard InChI is InChI=1S/C13H10FIN2O3S/c1-2-20-13(19)12-17-10(6-21-12)11(18)16-9-4-3-7(14)5-8(9)15/h3-6H,2H2,1H3,(H,16,18). The topological polar surface area (TPSA) is 68.3 Å². The van der Waals surface area contributed by atoms with Gasteiger partial charge in [0.1, 0.15) is 11.5 Å². The zero-order valence-electron chi connectivity index (χ0n) is 10.9. The van der Waals surface area contributed by atoms with Gasteiger partial charge in [0.05, 0.1) is 12.3 Å². The molecule has 110 valence electrons. The van der Waals surface area contributed by atoms with E-state index in [1.807, 2.05) is 22.6 Å². The Morgan fingerprint density at radius 2 is 2.24 bits per heavy atom. The first-order chi connectivity index (χ1) is 10.0. The summed E-state index contributed by atoms with van der Waals surface area (Å²) in [5.74, 6) is -1.40. The van der Waals surface area contributed by atoms with Gasteiger partial charge in [0, 0.05) is 8.95 Å². The molecule has 0 aliphatic carbocycles. The van der Waals surface area contributed by atoms with Crippen LogP contribution in [0.15, 0.2) is 23.6 Å². The van der Waals surface area contributed by atoms with Crippen LogP contribution in [0.5, 0.6) is 0 Å². The van der Waals surface area contributed by atoms with Crippen molar-refractivity contribution in [1.82, 2.24) is 4.98 Å². The van der Waals surface area contributed by atoms with Gasteiger partial charge in [0.2, 0.25) is 5.01 Å². The average Bonchev–Trinajstić information content (AvgIpc) is 2.92. The summed E-state index contributed by atoms with van der Waals surface area (Å²) in [5.41, 5.74) is 0.593. The van der Waals surface area contributed by atoms with E-state index in [0.717, 1.165) is 11.3 Å². The molecule has 8 heteroatoms. The number of esters is 1. The van der Waals surface area contributed by atoms with Gasteiger partial charge in [-0.25, -0.2) is 14.2 Å². The minimum absolute atomic E-state index is 0.114. The molecule has 0 saturated carbocycles. The lowest BCUT2D eigenvalue weighted by Gasteiger charge is -2.05. The Morgan fingerprint density at radius 3 is 2.90 bits per heavy atom. The van der Waals surface area contributed by atoms with Gasteiger partial charge in [0.25, 0.3) is 5.91 Å². The molecular formula is C13H10FIN2O3S. The number of amides is 1. The number of nitrogens with zero attached hydrogens (tertiary/aromatic N) is 1. The predicted molar refractivity (Wildman–Crippen MR) is 85.1 cm³/mol. The fourth-order valence-corrected chi connectivity index (χ4v) is 2.74. The first kappa shape index (κ1) is 15.8. The largest absolute Gasteiger partial charge is 0.461 e. The highest BCUT2D eigenvalue weighted by Crippen LogP contribution is 2.20. The van der Waals surface area contributed by atoms with Gasteiger partial charge in [-0.2, -0.15) is 0 Å². The monoisotopic (exact) mass is 420 g/mol. The summed E-state index contributed by atoms with van der Waals surface area (Å²) in [6.07, 6.45) is 0. The van der Waals surface area contributed by atoms with Gasteiger partial charge < -0.3 is 10.1 Å². The lowest BCUT2D eigenvalue weighted by atomic mass is 10.3. The number of nitrogens with one attached hydrogen (secondary N) is 1. The molecule has 1 aromatic heterocycles. The fraction of sp³-hybridized carbons (Fsp3) is 0.154.